The highest BCUT2D eigenvalue weighted by Gasteiger charge is 2.27. The first-order valence-corrected chi connectivity index (χ1v) is 4.56. The van der Waals surface area contributed by atoms with E-state index < -0.39 is 0 Å². The Balaban J connectivity index is 2.03. The first kappa shape index (κ1) is 7.62. The fourth-order valence-corrected chi connectivity index (χ4v) is 2.20. The Bertz CT molecular complexity index is 132. The lowest BCUT2D eigenvalue weighted by Crippen LogP contribution is -2.38. The third kappa shape index (κ3) is 1.45. The molecule has 0 amide bonds. The van der Waals surface area contributed by atoms with E-state index >= 15 is 0 Å². The Morgan fingerprint density at radius 1 is 1.09 bits per heavy atom. The quantitative estimate of drug-likeness (QED) is 0.481. The number of hydrogen-bond donors (Lipinski definition) is 0. The fourth-order valence-electron chi connectivity index (χ4n) is 2.20. The maximum atomic E-state index is 5.66. The van der Waals surface area contributed by atoms with Crippen molar-refractivity contribution in [2.75, 3.05) is 32.6 Å². The molecule has 0 aliphatic carbocycles. The Morgan fingerprint density at radius 3 is 2.45 bits per heavy atom. The molecule has 3 aliphatic rings. The zero-order valence-electron chi connectivity index (χ0n) is 7.00. The molecular weight excluding hydrogens is 135 g/mol. The molecule has 3 fully saturated rings. The number of fused-ring (bicyclic) bond motifs is 4. The smallest absolute Gasteiger partial charge is 0.0863 e. The van der Waals surface area contributed by atoms with Gasteiger partial charge in [0, 0.05) is 19.1 Å². The lowest BCUT2D eigenvalue weighted by molar-refractivity contribution is 0.203. The summed E-state index contributed by atoms with van der Waals surface area (Å²) in [5, 5.41) is 0. The van der Waals surface area contributed by atoms with Crippen LogP contribution in [0.5, 0.6) is 0 Å². The molecule has 3 saturated heterocycles. The molecule has 0 aromatic carbocycles. The van der Waals surface area contributed by atoms with Crippen LogP contribution < -0.4 is 0 Å². The van der Waals surface area contributed by atoms with Crippen molar-refractivity contribution < 1.29 is 0 Å². The molecule has 0 aromatic rings. The number of nitrogens with zero attached hydrogens (tertiary/aromatic N) is 2. The van der Waals surface area contributed by atoms with E-state index in [9.17, 15) is 0 Å². The van der Waals surface area contributed by atoms with Crippen molar-refractivity contribution in [3.05, 3.63) is 0 Å². The topological polar surface area (TPSA) is 6.48 Å². The highest BCUT2D eigenvalue weighted by molar-refractivity contribution is 6.08. The largest absolute Gasteiger partial charge is 0.308 e. The zero-order chi connectivity index (χ0) is 7.68. The minimum atomic E-state index is 0.749. The van der Waals surface area contributed by atoms with Gasteiger partial charge in [0.2, 0.25) is 0 Å². The summed E-state index contributed by atoms with van der Waals surface area (Å²) in [5.41, 5.74) is 0. The van der Waals surface area contributed by atoms with Gasteiger partial charge in [-0.05, 0) is 32.4 Å². The Morgan fingerprint density at radius 2 is 1.82 bits per heavy atom. The molecule has 11 heavy (non-hydrogen) atoms. The van der Waals surface area contributed by atoms with E-state index in [1.807, 2.05) is 0 Å². The van der Waals surface area contributed by atoms with E-state index in [0.29, 0.717) is 0 Å². The monoisotopic (exact) mass is 150 g/mol. The lowest BCUT2D eigenvalue weighted by Gasteiger charge is -2.30. The van der Waals surface area contributed by atoms with E-state index in [2.05, 4.69) is 9.80 Å². The van der Waals surface area contributed by atoms with Gasteiger partial charge in [0.25, 0.3) is 0 Å². The first-order valence-electron chi connectivity index (χ1n) is 4.56. The SMILES string of the molecule is [B]CN1CCN2CCC1CC2. The van der Waals surface area contributed by atoms with Crippen LogP contribution in [0.2, 0.25) is 0 Å². The van der Waals surface area contributed by atoms with Gasteiger partial charge in [-0.15, -0.1) is 0 Å². The van der Waals surface area contributed by atoms with Gasteiger partial charge in [0.1, 0.15) is 0 Å². The fraction of sp³-hybridized carbons (Fsp3) is 1.00. The van der Waals surface area contributed by atoms with Gasteiger partial charge in [-0.1, -0.05) is 0 Å². The predicted molar refractivity (Wildman–Crippen MR) is 46.8 cm³/mol. The van der Waals surface area contributed by atoms with E-state index in [1.165, 1.54) is 39.0 Å². The number of rotatable bonds is 1. The van der Waals surface area contributed by atoms with Gasteiger partial charge in [0.15, 0.2) is 0 Å². The minimum absolute atomic E-state index is 0.749. The van der Waals surface area contributed by atoms with Crippen LogP contribution in [0.4, 0.5) is 0 Å². The second-order valence-corrected chi connectivity index (χ2v) is 3.57. The summed E-state index contributed by atoms with van der Waals surface area (Å²) in [7, 11) is 5.66. The molecule has 0 spiro atoms. The van der Waals surface area contributed by atoms with Gasteiger partial charge in [-0.3, -0.25) is 0 Å². The Hall–Kier alpha value is -0.0151. The second kappa shape index (κ2) is 3.15. The summed E-state index contributed by atoms with van der Waals surface area (Å²) in [6.07, 6.45) is 3.41. The van der Waals surface area contributed by atoms with Crippen molar-refractivity contribution in [2.24, 2.45) is 0 Å². The van der Waals surface area contributed by atoms with Gasteiger partial charge in [-0.2, -0.15) is 0 Å². The minimum Gasteiger partial charge on any atom is -0.308 e. The van der Waals surface area contributed by atoms with Crippen molar-refractivity contribution in [1.29, 1.82) is 0 Å². The van der Waals surface area contributed by atoms with E-state index in [0.717, 1.165) is 12.5 Å². The third-order valence-electron chi connectivity index (χ3n) is 3.01. The van der Waals surface area contributed by atoms with E-state index in [1.54, 1.807) is 0 Å². The summed E-state index contributed by atoms with van der Waals surface area (Å²) in [5.74, 6) is 0. The summed E-state index contributed by atoms with van der Waals surface area (Å²) in [6.45, 7) is 5.00. The van der Waals surface area contributed by atoms with Crippen LogP contribution in [0, 0.1) is 0 Å². The van der Waals surface area contributed by atoms with Crippen molar-refractivity contribution in [1.82, 2.24) is 9.80 Å². The lowest BCUT2D eigenvalue weighted by atomic mass is 10.0. The maximum absolute atomic E-state index is 5.66. The van der Waals surface area contributed by atoms with Gasteiger partial charge in [0.05, 0.1) is 7.85 Å². The third-order valence-corrected chi connectivity index (χ3v) is 3.01. The van der Waals surface area contributed by atoms with Crippen LogP contribution in [0.1, 0.15) is 12.8 Å². The van der Waals surface area contributed by atoms with Crippen LogP contribution in [0.25, 0.3) is 0 Å². The van der Waals surface area contributed by atoms with Crippen molar-refractivity contribution in [3.8, 4) is 0 Å². The molecule has 3 rings (SSSR count). The van der Waals surface area contributed by atoms with Crippen LogP contribution in [-0.2, 0) is 0 Å². The summed E-state index contributed by atoms with van der Waals surface area (Å²) >= 11 is 0. The van der Waals surface area contributed by atoms with E-state index in [-0.39, 0.29) is 0 Å². The average Bonchev–Trinajstić information content (AvgIpc) is 2.36. The molecule has 0 aromatic heterocycles. The van der Waals surface area contributed by atoms with Crippen molar-refractivity contribution in [3.63, 3.8) is 0 Å². The van der Waals surface area contributed by atoms with Gasteiger partial charge in [-0.25, -0.2) is 0 Å². The molecular formula is C8H15BN2. The summed E-state index contributed by atoms with van der Waals surface area (Å²) in [4.78, 5) is 4.97. The van der Waals surface area contributed by atoms with Crippen LogP contribution in [-0.4, -0.2) is 56.3 Å². The average molecular weight is 150 g/mol. The number of hydrogen-bond acceptors (Lipinski definition) is 2. The molecule has 0 atom stereocenters. The molecule has 3 heterocycles. The molecule has 3 heteroatoms. The molecule has 2 bridgehead atoms. The number of piperidine rings is 1. The van der Waals surface area contributed by atoms with Crippen LogP contribution >= 0.6 is 0 Å². The van der Waals surface area contributed by atoms with Gasteiger partial charge >= 0.3 is 0 Å². The molecule has 60 valence electrons. The molecule has 2 nitrogen and oxygen atoms in total. The highest BCUT2D eigenvalue weighted by atomic mass is 15.3. The van der Waals surface area contributed by atoms with Gasteiger partial charge < -0.3 is 9.80 Å². The zero-order valence-corrected chi connectivity index (χ0v) is 7.00. The summed E-state index contributed by atoms with van der Waals surface area (Å²) in [6, 6.07) is 0.791. The standard InChI is InChI=1S/C8H15BN2/c9-7-11-6-5-10-3-1-8(11)2-4-10/h8H,1-7H2. The van der Waals surface area contributed by atoms with Crippen molar-refractivity contribution in [2.45, 2.75) is 18.9 Å². The summed E-state index contributed by atoms with van der Waals surface area (Å²) < 4.78 is 0. The molecule has 0 unspecified atom stereocenters. The highest BCUT2D eigenvalue weighted by Crippen LogP contribution is 2.19. The van der Waals surface area contributed by atoms with E-state index in [4.69, 9.17) is 7.85 Å². The van der Waals surface area contributed by atoms with Crippen LogP contribution in [0.15, 0.2) is 0 Å². The predicted octanol–water partition coefficient (Wildman–Crippen LogP) is -0.108. The van der Waals surface area contributed by atoms with Crippen LogP contribution in [0.3, 0.4) is 0 Å². The Kier molecular flexibility index (Phi) is 2.19. The van der Waals surface area contributed by atoms with Crippen molar-refractivity contribution >= 4 is 7.85 Å². The first-order chi connectivity index (χ1) is 5.40. The molecule has 0 N–H and O–H groups in total. The molecule has 3 aliphatic heterocycles. The normalized spacial score (nSPS) is 38.9. The Labute approximate surface area is 70.0 Å². The molecule has 0 saturated carbocycles. The maximum Gasteiger partial charge on any atom is 0.0863 e. The second-order valence-electron chi connectivity index (χ2n) is 3.57. The molecule has 2 radical (unpaired) electrons.